The quantitative estimate of drug-likeness (QED) is 0.895. The topological polar surface area (TPSA) is 61.9 Å². The molecule has 0 bridgehead atoms. The number of carbonyl (C=O) groups excluding carboxylic acids is 2. The molecule has 122 valence electrons. The number of thiophene rings is 1. The number of ether oxygens (including phenoxy) is 1. The molecule has 1 aliphatic heterocycles. The van der Waals surface area contributed by atoms with Gasteiger partial charge in [-0.05, 0) is 25.3 Å². The molecule has 0 aliphatic carbocycles. The first-order valence-corrected chi connectivity index (χ1v) is 8.45. The Balaban J connectivity index is 1.71. The van der Waals surface area contributed by atoms with E-state index in [4.69, 9.17) is 4.74 Å². The van der Waals surface area contributed by atoms with E-state index in [1.165, 1.54) is 0 Å². The molecule has 0 aromatic carbocycles. The van der Waals surface area contributed by atoms with E-state index in [2.05, 4.69) is 10.2 Å². The molecule has 22 heavy (non-hydrogen) atoms. The number of carbonyl (C=O) groups is 2. The molecule has 2 amide bonds. The normalized spacial score (nSPS) is 17.1. The van der Waals surface area contributed by atoms with E-state index in [-0.39, 0.29) is 18.0 Å². The van der Waals surface area contributed by atoms with Gasteiger partial charge in [0, 0.05) is 31.1 Å². The second-order valence-corrected chi connectivity index (χ2v) is 6.25. The Hall–Kier alpha value is -1.60. The summed E-state index contributed by atoms with van der Waals surface area (Å²) in [6.07, 6.45) is -0.266. The molecule has 2 heterocycles. The summed E-state index contributed by atoms with van der Waals surface area (Å²) in [5.41, 5.74) is 0. The SMILES string of the molecule is CCOC(=O)N1CCN(CC(=O)N[C@@H](C)c2cccs2)CC1. The molecule has 0 radical (unpaired) electrons. The van der Waals surface area contributed by atoms with Crippen molar-refractivity contribution < 1.29 is 14.3 Å². The molecule has 1 aromatic rings. The van der Waals surface area contributed by atoms with Gasteiger partial charge in [0.15, 0.2) is 0 Å². The fourth-order valence-corrected chi connectivity index (χ4v) is 3.14. The van der Waals surface area contributed by atoms with E-state index in [1.807, 2.05) is 24.4 Å². The largest absolute Gasteiger partial charge is 0.450 e. The lowest BCUT2D eigenvalue weighted by molar-refractivity contribution is -0.123. The summed E-state index contributed by atoms with van der Waals surface area (Å²) in [5.74, 6) is 0.0190. The maximum atomic E-state index is 12.1. The number of rotatable bonds is 5. The van der Waals surface area contributed by atoms with E-state index in [0.29, 0.717) is 39.3 Å². The summed E-state index contributed by atoms with van der Waals surface area (Å²) in [4.78, 5) is 28.6. The van der Waals surface area contributed by atoms with Crippen LogP contribution < -0.4 is 5.32 Å². The Kier molecular flexibility index (Phi) is 6.21. The maximum Gasteiger partial charge on any atom is 0.409 e. The molecule has 1 atom stereocenters. The zero-order chi connectivity index (χ0) is 15.9. The van der Waals surface area contributed by atoms with E-state index >= 15 is 0 Å². The second kappa shape index (κ2) is 8.14. The van der Waals surface area contributed by atoms with E-state index in [1.54, 1.807) is 23.2 Å². The molecule has 2 rings (SSSR count). The molecule has 0 unspecified atom stereocenters. The summed E-state index contributed by atoms with van der Waals surface area (Å²) in [7, 11) is 0. The van der Waals surface area contributed by atoms with Crippen LogP contribution in [-0.2, 0) is 9.53 Å². The number of hydrogen-bond acceptors (Lipinski definition) is 5. The minimum atomic E-state index is -0.266. The zero-order valence-corrected chi connectivity index (χ0v) is 13.9. The predicted octanol–water partition coefficient (Wildman–Crippen LogP) is 1.70. The minimum absolute atomic E-state index is 0.0190. The van der Waals surface area contributed by atoms with E-state index in [9.17, 15) is 9.59 Å². The van der Waals surface area contributed by atoms with Crippen molar-refractivity contribution in [1.82, 2.24) is 15.1 Å². The van der Waals surface area contributed by atoms with Crippen LogP contribution in [0.25, 0.3) is 0 Å². The average molecular weight is 325 g/mol. The molecule has 1 fully saturated rings. The maximum absolute atomic E-state index is 12.1. The predicted molar refractivity (Wildman–Crippen MR) is 85.9 cm³/mol. The van der Waals surface area contributed by atoms with Crippen molar-refractivity contribution in [1.29, 1.82) is 0 Å². The highest BCUT2D eigenvalue weighted by Crippen LogP contribution is 2.17. The van der Waals surface area contributed by atoms with Gasteiger partial charge in [-0.1, -0.05) is 6.07 Å². The third-order valence-electron chi connectivity index (χ3n) is 3.61. The van der Waals surface area contributed by atoms with Gasteiger partial charge in [-0.3, -0.25) is 9.69 Å². The molecule has 1 aliphatic rings. The highest BCUT2D eigenvalue weighted by atomic mass is 32.1. The van der Waals surface area contributed by atoms with Gasteiger partial charge in [-0.15, -0.1) is 11.3 Å². The van der Waals surface area contributed by atoms with Gasteiger partial charge in [0.25, 0.3) is 0 Å². The van der Waals surface area contributed by atoms with Gasteiger partial charge in [-0.2, -0.15) is 0 Å². The van der Waals surface area contributed by atoms with Gasteiger partial charge >= 0.3 is 6.09 Å². The van der Waals surface area contributed by atoms with Gasteiger partial charge in [0.2, 0.25) is 5.91 Å². The third-order valence-corrected chi connectivity index (χ3v) is 4.67. The van der Waals surface area contributed by atoms with Crippen molar-refractivity contribution in [3.05, 3.63) is 22.4 Å². The first-order chi connectivity index (χ1) is 10.6. The number of hydrogen-bond donors (Lipinski definition) is 1. The molecule has 0 saturated carbocycles. The second-order valence-electron chi connectivity index (χ2n) is 5.27. The van der Waals surface area contributed by atoms with Crippen LogP contribution in [0.4, 0.5) is 4.79 Å². The van der Waals surface area contributed by atoms with Crippen molar-refractivity contribution in [2.45, 2.75) is 19.9 Å². The summed E-state index contributed by atoms with van der Waals surface area (Å²) in [6, 6.07) is 4.04. The molecule has 1 saturated heterocycles. The smallest absolute Gasteiger partial charge is 0.409 e. The van der Waals surface area contributed by atoms with Crippen molar-refractivity contribution in [3.63, 3.8) is 0 Å². The monoisotopic (exact) mass is 325 g/mol. The fraction of sp³-hybridized carbons (Fsp3) is 0.600. The molecule has 6 nitrogen and oxygen atoms in total. The lowest BCUT2D eigenvalue weighted by Gasteiger charge is -2.33. The van der Waals surface area contributed by atoms with Crippen LogP contribution in [0, 0.1) is 0 Å². The summed E-state index contributed by atoms with van der Waals surface area (Å²) in [5, 5.41) is 5.01. The van der Waals surface area contributed by atoms with Crippen LogP contribution in [0.5, 0.6) is 0 Å². The van der Waals surface area contributed by atoms with Crippen LogP contribution in [0.3, 0.4) is 0 Å². The molecule has 1 aromatic heterocycles. The Bertz CT molecular complexity index is 484. The molecule has 0 spiro atoms. The van der Waals surface area contributed by atoms with Crippen LogP contribution in [0.1, 0.15) is 24.8 Å². The van der Waals surface area contributed by atoms with Crippen LogP contribution in [0.15, 0.2) is 17.5 Å². The summed E-state index contributed by atoms with van der Waals surface area (Å²) >= 11 is 1.64. The first kappa shape index (κ1) is 16.8. The van der Waals surface area contributed by atoms with Gasteiger partial charge in [0.05, 0.1) is 19.2 Å². The van der Waals surface area contributed by atoms with Crippen molar-refractivity contribution in [3.8, 4) is 0 Å². The Morgan fingerprint density at radius 2 is 2.09 bits per heavy atom. The van der Waals surface area contributed by atoms with Crippen LogP contribution in [-0.4, -0.2) is 61.1 Å². The van der Waals surface area contributed by atoms with Gasteiger partial charge in [-0.25, -0.2) is 4.79 Å². The van der Waals surface area contributed by atoms with Crippen molar-refractivity contribution in [2.75, 3.05) is 39.3 Å². The summed E-state index contributed by atoms with van der Waals surface area (Å²) in [6.45, 7) is 7.14. The van der Waals surface area contributed by atoms with Gasteiger partial charge in [0.1, 0.15) is 0 Å². The Labute approximate surface area is 135 Å². The van der Waals surface area contributed by atoms with Crippen LogP contribution >= 0.6 is 11.3 Å². The lowest BCUT2D eigenvalue weighted by Crippen LogP contribution is -2.51. The van der Waals surface area contributed by atoms with Crippen molar-refractivity contribution >= 4 is 23.3 Å². The number of nitrogens with one attached hydrogen (secondary N) is 1. The van der Waals surface area contributed by atoms with Crippen molar-refractivity contribution in [2.24, 2.45) is 0 Å². The number of nitrogens with zero attached hydrogens (tertiary/aromatic N) is 2. The highest BCUT2D eigenvalue weighted by molar-refractivity contribution is 7.10. The Morgan fingerprint density at radius 1 is 1.36 bits per heavy atom. The molecule has 1 N–H and O–H groups in total. The first-order valence-electron chi connectivity index (χ1n) is 7.57. The number of amides is 2. The van der Waals surface area contributed by atoms with E-state index < -0.39 is 0 Å². The average Bonchev–Trinajstić information content (AvgIpc) is 3.02. The fourth-order valence-electron chi connectivity index (χ4n) is 2.40. The van der Waals surface area contributed by atoms with Crippen LogP contribution in [0.2, 0.25) is 0 Å². The lowest BCUT2D eigenvalue weighted by atomic mass is 10.2. The molecular formula is C15H23N3O3S. The molecule has 7 heteroatoms. The highest BCUT2D eigenvalue weighted by Gasteiger charge is 2.23. The molecular weight excluding hydrogens is 302 g/mol. The summed E-state index contributed by atoms with van der Waals surface area (Å²) < 4.78 is 4.98. The zero-order valence-electron chi connectivity index (χ0n) is 13.1. The van der Waals surface area contributed by atoms with E-state index in [0.717, 1.165) is 4.88 Å². The van der Waals surface area contributed by atoms with Gasteiger partial charge < -0.3 is 15.0 Å². The third kappa shape index (κ3) is 4.71. The Morgan fingerprint density at radius 3 is 2.68 bits per heavy atom. The number of piperazine rings is 1. The standard InChI is InChI=1S/C15H23N3O3S/c1-3-21-15(20)18-8-6-17(7-9-18)11-14(19)16-12(2)13-5-4-10-22-13/h4-5,10,12H,3,6-9,11H2,1-2H3,(H,16,19)/t12-/m0/s1. The minimum Gasteiger partial charge on any atom is -0.450 e.